The van der Waals surface area contributed by atoms with E-state index in [-0.39, 0.29) is 11.5 Å². The summed E-state index contributed by atoms with van der Waals surface area (Å²) in [5, 5.41) is 10.8. The van der Waals surface area contributed by atoms with Gasteiger partial charge in [0.2, 0.25) is 5.78 Å². The van der Waals surface area contributed by atoms with Gasteiger partial charge in [-0.1, -0.05) is 37.3 Å². The number of para-hydroxylation sites is 1. The average molecular weight is 322 g/mol. The van der Waals surface area contributed by atoms with Crippen molar-refractivity contribution >= 4 is 22.8 Å². The van der Waals surface area contributed by atoms with Crippen LogP contribution in [-0.2, 0) is 6.42 Å². The molecule has 4 nitrogen and oxygen atoms in total. The Kier molecular flexibility index (Phi) is 4.38. The van der Waals surface area contributed by atoms with E-state index in [2.05, 4.69) is 0 Å². The predicted molar refractivity (Wildman–Crippen MR) is 93.6 cm³/mol. The Labute approximate surface area is 140 Å². The lowest BCUT2D eigenvalue weighted by molar-refractivity contribution is 0.102. The number of allylic oxidation sites excluding steroid dienone is 1. The molecule has 0 aliphatic rings. The molecule has 122 valence electrons. The molecule has 0 aliphatic heterocycles. The summed E-state index contributed by atoms with van der Waals surface area (Å²) in [7, 11) is 1.49. The van der Waals surface area contributed by atoms with Crippen LogP contribution >= 0.6 is 0 Å². The van der Waals surface area contributed by atoms with Crippen LogP contribution < -0.4 is 4.74 Å². The van der Waals surface area contributed by atoms with E-state index in [4.69, 9.17) is 9.15 Å². The van der Waals surface area contributed by atoms with Crippen molar-refractivity contribution in [1.29, 1.82) is 0 Å². The highest BCUT2D eigenvalue weighted by Gasteiger charge is 2.17. The predicted octanol–water partition coefficient (Wildman–Crippen LogP) is 4.61. The molecule has 0 unspecified atom stereocenters. The average Bonchev–Trinajstić information content (AvgIpc) is 2.98. The van der Waals surface area contributed by atoms with Crippen LogP contribution in [0.1, 0.15) is 28.6 Å². The number of carbonyl (C=O) groups excluding carboxylic acids is 1. The van der Waals surface area contributed by atoms with Crippen molar-refractivity contribution in [2.45, 2.75) is 13.3 Å². The maximum Gasteiger partial charge on any atom is 0.221 e. The lowest BCUT2D eigenvalue weighted by atomic mass is 10.1. The lowest BCUT2D eigenvalue weighted by Gasteiger charge is -2.03. The van der Waals surface area contributed by atoms with Gasteiger partial charge in [0.15, 0.2) is 17.3 Å². The normalized spacial score (nSPS) is 11.2. The minimum Gasteiger partial charge on any atom is -0.504 e. The summed E-state index contributed by atoms with van der Waals surface area (Å²) in [6, 6.07) is 12.6. The quantitative estimate of drug-likeness (QED) is 0.550. The molecular weight excluding hydrogens is 304 g/mol. The maximum atomic E-state index is 12.5. The number of furan rings is 1. The third-order valence-electron chi connectivity index (χ3n) is 3.91. The Hall–Kier alpha value is -3.01. The summed E-state index contributed by atoms with van der Waals surface area (Å²) in [5.41, 5.74) is 2.34. The highest BCUT2D eigenvalue weighted by atomic mass is 16.5. The number of fused-ring (bicyclic) bond motifs is 1. The van der Waals surface area contributed by atoms with Gasteiger partial charge in [0.1, 0.15) is 5.58 Å². The monoisotopic (exact) mass is 322 g/mol. The second-order valence-corrected chi connectivity index (χ2v) is 5.39. The molecule has 2 aromatic carbocycles. The van der Waals surface area contributed by atoms with Gasteiger partial charge in [-0.15, -0.1) is 0 Å². The second-order valence-electron chi connectivity index (χ2n) is 5.39. The number of hydrogen-bond donors (Lipinski definition) is 1. The number of phenolic OH excluding ortho intramolecular Hbond substituents is 1. The van der Waals surface area contributed by atoms with Crippen molar-refractivity contribution in [3.8, 4) is 11.5 Å². The van der Waals surface area contributed by atoms with Crippen molar-refractivity contribution in [1.82, 2.24) is 0 Å². The molecule has 0 atom stereocenters. The number of ketones is 1. The van der Waals surface area contributed by atoms with Crippen molar-refractivity contribution in [2.24, 2.45) is 0 Å². The molecule has 24 heavy (non-hydrogen) atoms. The molecule has 0 saturated heterocycles. The van der Waals surface area contributed by atoms with E-state index in [1.165, 1.54) is 13.2 Å². The molecule has 0 fully saturated rings. The molecule has 3 rings (SSSR count). The number of methoxy groups -OCH3 is 1. The van der Waals surface area contributed by atoms with Gasteiger partial charge < -0.3 is 14.3 Å². The van der Waals surface area contributed by atoms with E-state index in [1.54, 1.807) is 24.3 Å². The van der Waals surface area contributed by atoms with Gasteiger partial charge in [-0.2, -0.15) is 0 Å². The van der Waals surface area contributed by atoms with Crippen LogP contribution in [0.5, 0.6) is 11.5 Å². The third kappa shape index (κ3) is 2.91. The lowest BCUT2D eigenvalue weighted by Crippen LogP contribution is -1.96. The van der Waals surface area contributed by atoms with Gasteiger partial charge in [0, 0.05) is 10.9 Å². The fraction of sp³-hybridized carbons (Fsp3) is 0.150. The summed E-state index contributed by atoms with van der Waals surface area (Å²) < 4.78 is 10.7. The van der Waals surface area contributed by atoms with Crippen LogP contribution in [0.15, 0.2) is 53.0 Å². The van der Waals surface area contributed by atoms with Crippen LogP contribution in [0.4, 0.5) is 0 Å². The number of aromatic hydroxyl groups is 1. The second kappa shape index (κ2) is 6.62. The van der Waals surface area contributed by atoms with Gasteiger partial charge in [-0.3, -0.25) is 4.79 Å². The first-order valence-corrected chi connectivity index (χ1v) is 7.74. The zero-order chi connectivity index (χ0) is 17.1. The standard InChI is InChI=1S/C20H18O4/c1-3-14-15-6-4-5-7-18(15)24-20(14)16(21)10-8-13-9-11-19(23-2)17(22)12-13/h4-12,22H,3H2,1-2H3/b10-8+. The molecule has 1 aromatic heterocycles. The highest BCUT2D eigenvalue weighted by molar-refractivity contribution is 6.08. The summed E-state index contributed by atoms with van der Waals surface area (Å²) >= 11 is 0. The van der Waals surface area contributed by atoms with Gasteiger partial charge in [0.25, 0.3) is 0 Å². The number of carbonyl (C=O) groups is 1. The number of rotatable bonds is 5. The molecule has 3 aromatic rings. The van der Waals surface area contributed by atoms with E-state index < -0.39 is 0 Å². The molecular formula is C20H18O4. The number of benzene rings is 2. The Bertz CT molecular complexity index is 919. The molecule has 0 spiro atoms. The fourth-order valence-corrected chi connectivity index (χ4v) is 2.71. The van der Waals surface area contributed by atoms with Crippen LogP contribution in [0.3, 0.4) is 0 Å². The highest BCUT2D eigenvalue weighted by Crippen LogP contribution is 2.28. The number of aryl methyl sites for hydroxylation is 1. The fourth-order valence-electron chi connectivity index (χ4n) is 2.71. The molecule has 0 radical (unpaired) electrons. The van der Waals surface area contributed by atoms with E-state index in [0.717, 1.165) is 17.4 Å². The summed E-state index contributed by atoms with van der Waals surface area (Å²) in [4.78, 5) is 12.5. The van der Waals surface area contributed by atoms with Crippen LogP contribution in [0.2, 0.25) is 0 Å². The largest absolute Gasteiger partial charge is 0.504 e. The minimum absolute atomic E-state index is 0.0325. The van der Waals surface area contributed by atoms with Gasteiger partial charge >= 0.3 is 0 Å². The maximum absolute atomic E-state index is 12.5. The summed E-state index contributed by atoms with van der Waals surface area (Å²) in [5.74, 6) is 0.597. The van der Waals surface area contributed by atoms with E-state index >= 15 is 0 Å². The smallest absolute Gasteiger partial charge is 0.221 e. The van der Waals surface area contributed by atoms with Gasteiger partial charge in [-0.25, -0.2) is 0 Å². The molecule has 0 aliphatic carbocycles. The Balaban J connectivity index is 1.91. The first kappa shape index (κ1) is 15.9. The summed E-state index contributed by atoms with van der Waals surface area (Å²) in [6.07, 6.45) is 3.82. The van der Waals surface area contributed by atoms with E-state index in [1.807, 2.05) is 31.2 Å². The molecule has 4 heteroatoms. The zero-order valence-electron chi connectivity index (χ0n) is 13.6. The van der Waals surface area contributed by atoms with Crippen molar-refractivity contribution in [3.05, 3.63) is 65.4 Å². The number of hydrogen-bond acceptors (Lipinski definition) is 4. The zero-order valence-corrected chi connectivity index (χ0v) is 13.6. The Morgan fingerprint density at radius 3 is 2.75 bits per heavy atom. The molecule has 0 bridgehead atoms. The molecule has 0 amide bonds. The van der Waals surface area contributed by atoms with Crippen LogP contribution in [0.25, 0.3) is 17.0 Å². The van der Waals surface area contributed by atoms with E-state index in [9.17, 15) is 9.90 Å². The molecule has 1 heterocycles. The van der Waals surface area contributed by atoms with Crippen LogP contribution in [0, 0.1) is 0 Å². The first-order chi connectivity index (χ1) is 11.6. The third-order valence-corrected chi connectivity index (χ3v) is 3.91. The van der Waals surface area contributed by atoms with E-state index in [0.29, 0.717) is 22.7 Å². The Morgan fingerprint density at radius 1 is 1.25 bits per heavy atom. The van der Waals surface area contributed by atoms with Crippen molar-refractivity contribution in [2.75, 3.05) is 7.11 Å². The first-order valence-electron chi connectivity index (χ1n) is 7.74. The SMILES string of the molecule is CCc1c(C(=O)/C=C/c2ccc(OC)c(O)c2)oc2ccccc12. The van der Waals surface area contributed by atoms with Crippen molar-refractivity contribution < 1.29 is 19.1 Å². The Morgan fingerprint density at radius 2 is 2.04 bits per heavy atom. The molecule has 0 saturated carbocycles. The number of ether oxygens (including phenoxy) is 1. The van der Waals surface area contributed by atoms with Gasteiger partial charge in [-0.05, 0) is 36.3 Å². The minimum atomic E-state index is -0.196. The summed E-state index contributed by atoms with van der Waals surface area (Å²) in [6.45, 7) is 2.00. The van der Waals surface area contributed by atoms with Gasteiger partial charge in [0.05, 0.1) is 7.11 Å². The van der Waals surface area contributed by atoms with Crippen molar-refractivity contribution in [3.63, 3.8) is 0 Å². The number of phenols is 1. The molecule has 1 N–H and O–H groups in total. The van der Waals surface area contributed by atoms with Crippen LogP contribution in [-0.4, -0.2) is 18.0 Å². The topological polar surface area (TPSA) is 59.7 Å².